The summed E-state index contributed by atoms with van der Waals surface area (Å²) in [7, 11) is 0. The molecular weight excluding hydrogens is 429 g/mol. The molecule has 1 unspecified atom stereocenters. The van der Waals surface area contributed by atoms with Crippen LogP contribution in [0.5, 0.6) is 0 Å². The van der Waals surface area contributed by atoms with Crippen LogP contribution in [-0.2, 0) is 4.79 Å². The molecule has 1 atom stereocenters. The first-order valence-electron chi connectivity index (χ1n) is 9.71. The van der Waals surface area contributed by atoms with E-state index < -0.39 is 0 Å². The van der Waals surface area contributed by atoms with Gasteiger partial charge in [-0.3, -0.25) is 9.79 Å². The van der Waals surface area contributed by atoms with Gasteiger partial charge in [-0.1, -0.05) is 6.92 Å². The number of carbonyl (C=O) groups is 1. The number of amides is 1. The van der Waals surface area contributed by atoms with Gasteiger partial charge in [0.25, 0.3) is 0 Å². The van der Waals surface area contributed by atoms with Crippen molar-refractivity contribution in [3.8, 4) is 0 Å². The van der Waals surface area contributed by atoms with Crippen molar-refractivity contribution in [3.63, 3.8) is 0 Å². The number of guanidine groups is 1. The average Bonchev–Trinajstić information content (AvgIpc) is 3.21. The van der Waals surface area contributed by atoms with Gasteiger partial charge in [0, 0.05) is 45.7 Å². The summed E-state index contributed by atoms with van der Waals surface area (Å²) in [6, 6.07) is 0. The lowest BCUT2D eigenvalue weighted by Crippen LogP contribution is -2.39. The summed E-state index contributed by atoms with van der Waals surface area (Å²) in [5, 5.41) is 6.71. The topological polar surface area (TPSA) is 60.0 Å². The molecule has 2 rings (SSSR count). The molecule has 0 aromatic rings. The quantitative estimate of drug-likeness (QED) is 0.237. The molecular formula is C18H36IN5O. The van der Waals surface area contributed by atoms with Crippen LogP contribution in [-0.4, -0.2) is 74.0 Å². The van der Waals surface area contributed by atoms with E-state index in [0.29, 0.717) is 11.8 Å². The molecule has 0 aromatic carbocycles. The van der Waals surface area contributed by atoms with Crippen LogP contribution in [0.2, 0.25) is 0 Å². The van der Waals surface area contributed by atoms with Crippen molar-refractivity contribution in [2.75, 3.05) is 52.4 Å². The van der Waals surface area contributed by atoms with Crippen LogP contribution in [0.4, 0.5) is 0 Å². The fourth-order valence-corrected chi connectivity index (χ4v) is 3.47. The molecule has 0 radical (unpaired) electrons. The Balaban J connectivity index is 0.00000312. The normalized spacial score (nSPS) is 19.8. The van der Waals surface area contributed by atoms with E-state index in [-0.39, 0.29) is 24.0 Å². The molecule has 6 nitrogen and oxygen atoms in total. The van der Waals surface area contributed by atoms with E-state index >= 15 is 0 Å². The second kappa shape index (κ2) is 12.7. The highest BCUT2D eigenvalue weighted by atomic mass is 127. The van der Waals surface area contributed by atoms with Crippen molar-refractivity contribution in [2.45, 2.75) is 46.0 Å². The zero-order valence-corrected chi connectivity index (χ0v) is 18.3. The number of carbonyl (C=O) groups excluding carboxylic acids is 1. The summed E-state index contributed by atoms with van der Waals surface area (Å²) in [5.41, 5.74) is 0. The zero-order valence-electron chi connectivity index (χ0n) is 15.9. The highest BCUT2D eigenvalue weighted by Crippen LogP contribution is 2.10. The molecule has 0 aliphatic carbocycles. The number of halogens is 1. The van der Waals surface area contributed by atoms with Gasteiger partial charge in [0.1, 0.15) is 0 Å². The Bertz CT molecular complexity index is 412. The van der Waals surface area contributed by atoms with Gasteiger partial charge in [0.2, 0.25) is 5.91 Å². The molecule has 2 heterocycles. The van der Waals surface area contributed by atoms with E-state index in [1.807, 2.05) is 4.90 Å². The molecule has 0 aromatic heterocycles. The zero-order chi connectivity index (χ0) is 17.2. The predicted octanol–water partition coefficient (Wildman–Crippen LogP) is 1.90. The van der Waals surface area contributed by atoms with E-state index in [4.69, 9.17) is 4.99 Å². The standard InChI is InChI=1S/C18H35N5O.HI/c1-3-19-18(20-9-7-13-23-12-6-8-17(23)24)21-14-16(2)15-22-10-4-5-11-22;/h16H,3-15H2,1-2H3,(H2,19,20,21);1H. The van der Waals surface area contributed by atoms with Crippen molar-refractivity contribution in [3.05, 3.63) is 0 Å². The van der Waals surface area contributed by atoms with Gasteiger partial charge in [0.15, 0.2) is 5.96 Å². The number of aliphatic imine (C=N–C) groups is 1. The van der Waals surface area contributed by atoms with Crippen LogP contribution >= 0.6 is 24.0 Å². The van der Waals surface area contributed by atoms with Crippen LogP contribution < -0.4 is 10.6 Å². The monoisotopic (exact) mass is 465 g/mol. The van der Waals surface area contributed by atoms with Gasteiger partial charge in [0.05, 0.1) is 0 Å². The van der Waals surface area contributed by atoms with Crippen molar-refractivity contribution in [2.24, 2.45) is 10.9 Å². The van der Waals surface area contributed by atoms with Crippen molar-refractivity contribution >= 4 is 35.8 Å². The maximum Gasteiger partial charge on any atom is 0.222 e. The number of rotatable bonds is 9. The highest BCUT2D eigenvalue weighted by Gasteiger charge is 2.19. The minimum atomic E-state index is 0. The molecule has 0 spiro atoms. The maximum atomic E-state index is 11.6. The van der Waals surface area contributed by atoms with Crippen molar-refractivity contribution in [1.29, 1.82) is 0 Å². The molecule has 0 saturated carbocycles. The number of nitrogens with zero attached hydrogens (tertiary/aromatic N) is 3. The van der Waals surface area contributed by atoms with Gasteiger partial charge in [-0.05, 0) is 51.6 Å². The van der Waals surface area contributed by atoms with Crippen LogP contribution in [0.3, 0.4) is 0 Å². The number of hydrogen-bond acceptors (Lipinski definition) is 3. The Kier molecular flexibility index (Phi) is 11.4. The van der Waals surface area contributed by atoms with E-state index in [1.54, 1.807) is 0 Å². The molecule has 2 N–H and O–H groups in total. The van der Waals surface area contributed by atoms with Crippen molar-refractivity contribution < 1.29 is 4.79 Å². The minimum Gasteiger partial charge on any atom is -0.357 e. The summed E-state index contributed by atoms with van der Waals surface area (Å²) < 4.78 is 0. The summed E-state index contributed by atoms with van der Waals surface area (Å²) in [6.07, 6.45) is 5.41. The molecule has 1 amide bonds. The van der Waals surface area contributed by atoms with Gasteiger partial charge in [-0.25, -0.2) is 0 Å². The summed E-state index contributed by atoms with van der Waals surface area (Å²) in [5.74, 6) is 1.80. The summed E-state index contributed by atoms with van der Waals surface area (Å²) in [4.78, 5) is 20.8. The number of likely N-dealkylation sites (tertiary alicyclic amines) is 2. The van der Waals surface area contributed by atoms with Gasteiger partial charge >= 0.3 is 0 Å². The maximum absolute atomic E-state index is 11.6. The van der Waals surface area contributed by atoms with Crippen LogP contribution in [0.25, 0.3) is 0 Å². The Labute approximate surface area is 170 Å². The van der Waals surface area contributed by atoms with Crippen LogP contribution in [0, 0.1) is 5.92 Å². The lowest BCUT2D eigenvalue weighted by atomic mass is 10.2. The largest absolute Gasteiger partial charge is 0.357 e. The molecule has 146 valence electrons. The Morgan fingerprint density at radius 3 is 2.60 bits per heavy atom. The first-order valence-corrected chi connectivity index (χ1v) is 9.71. The highest BCUT2D eigenvalue weighted by molar-refractivity contribution is 14.0. The predicted molar refractivity (Wildman–Crippen MR) is 115 cm³/mol. The fraction of sp³-hybridized carbons (Fsp3) is 0.889. The summed E-state index contributed by atoms with van der Waals surface area (Å²) >= 11 is 0. The minimum absolute atomic E-state index is 0. The number of nitrogens with one attached hydrogen (secondary N) is 2. The molecule has 2 aliphatic rings. The molecule has 7 heteroatoms. The molecule has 0 bridgehead atoms. The Hall–Kier alpha value is -0.570. The van der Waals surface area contributed by atoms with E-state index in [1.165, 1.54) is 25.9 Å². The van der Waals surface area contributed by atoms with Gasteiger partial charge in [-0.2, -0.15) is 0 Å². The fourth-order valence-electron chi connectivity index (χ4n) is 3.47. The lowest BCUT2D eigenvalue weighted by molar-refractivity contribution is -0.127. The molecule has 2 aliphatic heterocycles. The summed E-state index contributed by atoms with van der Waals surface area (Å²) in [6.45, 7) is 12.4. The molecule has 25 heavy (non-hydrogen) atoms. The third-order valence-electron chi connectivity index (χ3n) is 4.74. The van der Waals surface area contributed by atoms with E-state index in [9.17, 15) is 4.79 Å². The van der Waals surface area contributed by atoms with Gasteiger partial charge < -0.3 is 20.4 Å². The third-order valence-corrected chi connectivity index (χ3v) is 4.74. The Morgan fingerprint density at radius 1 is 1.20 bits per heavy atom. The van der Waals surface area contributed by atoms with Crippen LogP contribution in [0.1, 0.15) is 46.0 Å². The Morgan fingerprint density at radius 2 is 1.96 bits per heavy atom. The molecule has 2 saturated heterocycles. The first-order chi connectivity index (χ1) is 11.7. The number of hydrogen-bond donors (Lipinski definition) is 2. The SMILES string of the molecule is CCNC(=NCC(C)CN1CCCC1)NCCCN1CCCC1=O.I. The van der Waals surface area contributed by atoms with Gasteiger partial charge in [-0.15, -0.1) is 24.0 Å². The third kappa shape index (κ3) is 8.57. The van der Waals surface area contributed by atoms with E-state index in [0.717, 1.165) is 64.5 Å². The smallest absolute Gasteiger partial charge is 0.222 e. The van der Waals surface area contributed by atoms with Crippen LogP contribution in [0.15, 0.2) is 4.99 Å². The molecule has 2 fully saturated rings. The average molecular weight is 465 g/mol. The second-order valence-electron chi connectivity index (χ2n) is 7.10. The van der Waals surface area contributed by atoms with E-state index in [2.05, 4.69) is 29.4 Å². The van der Waals surface area contributed by atoms with Crippen molar-refractivity contribution in [1.82, 2.24) is 20.4 Å². The lowest BCUT2D eigenvalue weighted by Gasteiger charge is -2.20. The first kappa shape index (κ1) is 22.5. The second-order valence-corrected chi connectivity index (χ2v) is 7.10.